The van der Waals surface area contributed by atoms with Crippen molar-refractivity contribution < 1.29 is 40.0 Å². The van der Waals surface area contributed by atoms with E-state index in [1.807, 2.05) is 0 Å². The Hall–Kier alpha value is -4.10. The van der Waals surface area contributed by atoms with E-state index in [1.165, 1.54) is 18.2 Å². The van der Waals surface area contributed by atoms with Crippen LogP contribution >= 0.6 is 0 Å². The molecule has 0 bridgehead atoms. The van der Waals surface area contributed by atoms with Gasteiger partial charge in [0.2, 0.25) is 5.88 Å². The molecule has 0 unspecified atom stereocenters. The largest absolute Gasteiger partial charge is 0.493 e. The van der Waals surface area contributed by atoms with Crippen LogP contribution in [0, 0.1) is 12.7 Å². The molecule has 0 spiro atoms. The zero-order valence-corrected chi connectivity index (χ0v) is 21.1. The van der Waals surface area contributed by atoms with Crippen molar-refractivity contribution in [2.45, 2.75) is 13.3 Å². The number of aliphatic hydroxyl groups excluding tert-OH is 1. The van der Waals surface area contributed by atoms with Crippen molar-refractivity contribution in [3.05, 3.63) is 101 Å². The van der Waals surface area contributed by atoms with Crippen LogP contribution < -0.4 is 17.9 Å². The molecule has 0 radical (unpaired) electrons. The van der Waals surface area contributed by atoms with E-state index >= 15 is 4.39 Å². The summed E-state index contributed by atoms with van der Waals surface area (Å²) in [6, 6.07) is 14.9. The molecule has 0 atom stereocenters. The molecule has 37 heavy (non-hydrogen) atoms. The third kappa shape index (κ3) is 5.84. The SMILES string of the molecule is Cc1cccc(Cc2cc(F)c(N3C=C(O)NS3(=O)=O)c(OC(=O)c3ccccc3)c2)c1OS(C)(=O)=O. The molecule has 0 aromatic heterocycles. The number of ether oxygens (including phenoxy) is 1. The van der Waals surface area contributed by atoms with Crippen LogP contribution in [0.25, 0.3) is 0 Å². The third-order valence-electron chi connectivity index (χ3n) is 5.18. The highest BCUT2D eigenvalue weighted by Crippen LogP contribution is 2.38. The van der Waals surface area contributed by atoms with E-state index in [-0.39, 0.29) is 23.3 Å². The molecule has 3 aromatic rings. The van der Waals surface area contributed by atoms with Crippen LogP contribution in [-0.2, 0) is 26.7 Å². The first-order chi connectivity index (χ1) is 17.3. The lowest BCUT2D eigenvalue weighted by atomic mass is 10.0. The van der Waals surface area contributed by atoms with E-state index in [0.29, 0.717) is 15.4 Å². The van der Waals surface area contributed by atoms with Crippen molar-refractivity contribution in [2.24, 2.45) is 0 Å². The third-order valence-corrected chi connectivity index (χ3v) is 6.92. The smallest absolute Gasteiger partial charge is 0.343 e. The number of carbonyl (C=O) groups is 1. The zero-order valence-electron chi connectivity index (χ0n) is 19.5. The summed E-state index contributed by atoms with van der Waals surface area (Å²) in [6.45, 7) is 1.64. The van der Waals surface area contributed by atoms with E-state index in [2.05, 4.69) is 0 Å². The summed E-state index contributed by atoms with van der Waals surface area (Å²) in [7, 11) is -8.28. The molecule has 1 heterocycles. The molecule has 13 heteroatoms. The quantitative estimate of drug-likeness (QED) is 0.261. The normalized spacial score (nSPS) is 14.6. The summed E-state index contributed by atoms with van der Waals surface area (Å²) < 4.78 is 76.7. The number of aliphatic hydroxyl groups is 1. The van der Waals surface area contributed by atoms with Crippen molar-refractivity contribution in [3.63, 3.8) is 0 Å². The van der Waals surface area contributed by atoms with E-state index in [9.17, 15) is 26.7 Å². The topological polar surface area (TPSA) is 139 Å². The van der Waals surface area contributed by atoms with Gasteiger partial charge >= 0.3 is 26.3 Å². The fraction of sp³-hybridized carbons (Fsp3) is 0.125. The van der Waals surface area contributed by atoms with E-state index in [0.717, 1.165) is 18.5 Å². The number of para-hydroxylation sites is 1. The Labute approximate surface area is 212 Å². The van der Waals surface area contributed by atoms with Crippen LogP contribution in [0.4, 0.5) is 10.1 Å². The molecule has 0 fully saturated rings. The van der Waals surface area contributed by atoms with Gasteiger partial charge in [-0.05, 0) is 42.3 Å². The Balaban J connectivity index is 1.81. The molecular weight excluding hydrogens is 527 g/mol. The minimum absolute atomic E-state index is 0.0499. The van der Waals surface area contributed by atoms with Crippen molar-refractivity contribution >= 4 is 32.0 Å². The number of esters is 1. The number of aryl methyl sites for hydroxylation is 1. The Morgan fingerprint density at radius 2 is 1.81 bits per heavy atom. The summed E-state index contributed by atoms with van der Waals surface area (Å²) in [5.41, 5.74) is 0.624. The van der Waals surface area contributed by atoms with Crippen LogP contribution in [0.3, 0.4) is 0 Å². The maximum absolute atomic E-state index is 15.5. The second-order valence-corrected chi connectivity index (χ2v) is 11.2. The second-order valence-electron chi connectivity index (χ2n) is 8.12. The van der Waals surface area contributed by atoms with Crippen LogP contribution in [0.15, 0.2) is 72.7 Å². The zero-order chi connectivity index (χ0) is 27.0. The number of anilines is 1. The van der Waals surface area contributed by atoms with Crippen LogP contribution in [-0.4, -0.2) is 34.2 Å². The molecule has 3 aromatic carbocycles. The number of hydrogen-bond donors (Lipinski definition) is 2. The monoisotopic (exact) mass is 548 g/mol. The predicted molar refractivity (Wildman–Crippen MR) is 133 cm³/mol. The first-order valence-electron chi connectivity index (χ1n) is 10.6. The van der Waals surface area contributed by atoms with Crippen molar-refractivity contribution in [2.75, 3.05) is 10.6 Å². The first-order valence-corrected chi connectivity index (χ1v) is 13.9. The Kier molecular flexibility index (Phi) is 6.84. The molecule has 10 nitrogen and oxygen atoms in total. The van der Waals surface area contributed by atoms with Crippen molar-refractivity contribution in [3.8, 4) is 11.5 Å². The highest BCUT2D eigenvalue weighted by molar-refractivity contribution is 7.91. The predicted octanol–water partition coefficient (Wildman–Crippen LogP) is 3.29. The van der Waals surface area contributed by atoms with Gasteiger partial charge in [-0.2, -0.15) is 16.8 Å². The summed E-state index contributed by atoms with van der Waals surface area (Å²) in [4.78, 5) is 12.8. The molecule has 1 aliphatic heterocycles. The van der Waals surface area contributed by atoms with Crippen LogP contribution in [0.2, 0.25) is 0 Å². The molecule has 1 aliphatic rings. The van der Waals surface area contributed by atoms with Gasteiger partial charge < -0.3 is 14.0 Å². The van der Waals surface area contributed by atoms with E-state index in [4.69, 9.17) is 8.92 Å². The van der Waals surface area contributed by atoms with E-state index < -0.39 is 49.4 Å². The maximum atomic E-state index is 15.5. The molecule has 0 aliphatic carbocycles. The van der Waals surface area contributed by atoms with Gasteiger partial charge in [-0.1, -0.05) is 36.4 Å². The number of nitrogens with zero attached hydrogens (tertiary/aromatic N) is 1. The molecule has 4 rings (SSSR count). The van der Waals surface area contributed by atoms with Crippen molar-refractivity contribution in [1.29, 1.82) is 0 Å². The summed E-state index contributed by atoms with van der Waals surface area (Å²) in [6.07, 6.45) is 1.57. The number of rotatable bonds is 7. The lowest BCUT2D eigenvalue weighted by Gasteiger charge is -2.20. The van der Waals surface area contributed by atoms with E-state index in [1.54, 1.807) is 48.0 Å². The van der Waals surface area contributed by atoms with Gasteiger partial charge in [0.1, 0.15) is 11.4 Å². The highest BCUT2D eigenvalue weighted by Gasteiger charge is 2.34. The summed E-state index contributed by atoms with van der Waals surface area (Å²) >= 11 is 0. The minimum Gasteiger partial charge on any atom is -0.493 e. The molecule has 2 N–H and O–H groups in total. The number of benzene rings is 3. The summed E-state index contributed by atoms with van der Waals surface area (Å²) in [5, 5.41) is 9.67. The first kappa shape index (κ1) is 26.0. The highest BCUT2D eigenvalue weighted by atomic mass is 32.2. The van der Waals surface area contributed by atoms with Gasteiger partial charge in [0.25, 0.3) is 0 Å². The average Bonchev–Trinajstić information content (AvgIpc) is 3.07. The average molecular weight is 549 g/mol. The minimum atomic E-state index is -4.42. The number of hydrogen-bond acceptors (Lipinski definition) is 8. The van der Waals surface area contributed by atoms with Gasteiger partial charge in [-0.25, -0.2) is 18.2 Å². The molecule has 0 saturated carbocycles. The van der Waals surface area contributed by atoms with Gasteiger partial charge in [0.15, 0.2) is 11.6 Å². The lowest BCUT2D eigenvalue weighted by molar-refractivity contribution is 0.0735. The Bertz CT molecular complexity index is 1620. The standard InChI is InChI=1S/C24H21FN2O8S2/c1-15-7-6-10-18(23(15)35-36(2,30)31)11-16-12-19(25)22(27-14-21(28)26-37(27,32)33)20(13-16)34-24(29)17-8-4-3-5-9-17/h3-10,12-14,26,28H,11H2,1-2H3. The Morgan fingerprint density at radius 3 is 2.43 bits per heavy atom. The second kappa shape index (κ2) is 9.75. The van der Waals surface area contributed by atoms with Crippen LogP contribution in [0.5, 0.6) is 11.5 Å². The van der Waals surface area contributed by atoms with Crippen molar-refractivity contribution in [1.82, 2.24) is 4.72 Å². The van der Waals surface area contributed by atoms with Gasteiger partial charge in [-0.3, -0.25) is 0 Å². The molecule has 0 amide bonds. The molecular formula is C24H21FN2O8S2. The number of halogens is 1. The summed E-state index contributed by atoms with van der Waals surface area (Å²) in [5.74, 6) is -3.10. The fourth-order valence-electron chi connectivity index (χ4n) is 3.67. The molecule has 0 saturated heterocycles. The van der Waals surface area contributed by atoms with Gasteiger partial charge in [-0.15, -0.1) is 0 Å². The van der Waals surface area contributed by atoms with Gasteiger partial charge in [0.05, 0.1) is 18.0 Å². The van der Waals surface area contributed by atoms with Gasteiger partial charge in [0, 0.05) is 12.0 Å². The lowest BCUT2D eigenvalue weighted by Crippen LogP contribution is -2.30. The Morgan fingerprint density at radius 1 is 1.11 bits per heavy atom. The maximum Gasteiger partial charge on any atom is 0.343 e. The number of nitrogens with one attached hydrogen (secondary N) is 1. The molecule has 194 valence electrons. The van der Waals surface area contributed by atoms with Crippen LogP contribution in [0.1, 0.15) is 27.0 Å². The number of carbonyl (C=O) groups excluding carboxylic acids is 1. The fourth-order valence-corrected chi connectivity index (χ4v) is 5.28.